The van der Waals surface area contributed by atoms with E-state index in [1.807, 2.05) is 24.3 Å². The first kappa shape index (κ1) is 17.7. The van der Waals surface area contributed by atoms with Crippen molar-refractivity contribution >= 4 is 17.7 Å². The molecule has 134 valence electrons. The summed E-state index contributed by atoms with van der Waals surface area (Å²) in [5, 5.41) is 2.81. The molecular formula is C20H20N2O4. The number of nitrogens with one attached hydrogen (secondary N) is 1. The zero-order valence-electron chi connectivity index (χ0n) is 14.5. The van der Waals surface area contributed by atoms with Crippen molar-refractivity contribution in [1.29, 1.82) is 0 Å². The minimum atomic E-state index is -0.338. The lowest BCUT2D eigenvalue weighted by Crippen LogP contribution is -2.35. The Kier molecular flexibility index (Phi) is 5.31. The van der Waals surface area contributed by atoms with Gasteiger partial charge in [-0.1, -0.05) is 24.3 Å². The lowest BCUT2D eigenvalue weighted by molar-refractivity contribution is -0.121. The van der Waals surface area contributed by atoms with Crippen molar-refractivity contribution in [2.24, 2.45) is 0 Å². The van der Waals surface area contributed by atoms with Gasteiger partial charge in [0.1, 0.15) is 5.75 Å². The molecule has 3 rings (SSSR count). The van der Waals surface area contributed by atoms with Crippen molar-refractivity contribution in [3.8, 4) is 5.75 Å². The predicted octanol–water partition coefficient (Wildman–Crippen LogP) is 2.04. The van der Waals surface area contributed by atoms with E-state index < -0.39 is 0 Å². The number of benzene rings is 2. The van der Waals surface area contributed by atoms with E-state index in [0.29, 0.717) is 24.1 Å². The first-order chi connectivity index (χ1) is 12.6. The van der Waals surface area contributed by atoms with Gasteiger partial charge in [0.15, 0.2) is 0 Å². The summed E-state index contributed by atoms with van der Waals surface area (Å²) in [5.74, 6) is -0.0894. The fraction of sp³-hybridized carbons (Fsp3) is 0.250. The van der Waals surface area contributed by atoms with E-state index in [-0.39, 0.29) is 30.7 Å². The van der Waals surface area contributed by atoms with E-state index >= 15 is 0 Å². The van der Waals surface area contributed by atoms with Crippen LogP contribution in [0.15, 0.2) is 48.5 Å². The third-order valence-corrected chi connectivity index (χ3v) is 4.31. The van der Waals surface area contributed by atoms with Crippen molar-refractivity contribution in [2.75, 3.05) is 20.2 Å². The van der Waals surface area contributed by atoms with Crippen molar-refractivity contribution in [1.82, 2.24) is 10.2 Å². The molecule has 1 aliphatic rings. The highest BCUT2D eigenvalue weighted by Gasteiger charge is 2.34. The summed E-state index contributed by atoms with van der Waals surface area (Å²) in [6.07, 6.45) is 0.763. The van der Waals surface area contributed by atoms with Crippen LogP contribution >= 0.6 is 0 Å². The number of imide groups is 1. The molecule has 0 atom stereocenters. The SMILES string of the molecule is COc1cccc(CCNC(=O)CCN2C(=O)c3ccccc3C2=O)c1. The summed E-state index contributed by atoms with van der Waals surface area (Å²) in [4.78, 5) is 37.6. The average molecular weight is 352 g/mol. The van der Waals surface area contributed by atoms with Gasteiger partial charge >= 0.3 is 0 Å². The normalized spacial score (nSPS) is 12.9. The van der Waals surface area contributed by atoms with Crippen LogP contribution in [-0.4, -0.2) is 42.8 Å². The molecule has 2 aromatic rings. The van der Waals surface area contributed by atoms with Gasteiger partial charge in [-0.2, -0.15) is 0 Å². The molecule has 2 aromatic carbocycles. The van der Waals surface area contributed by atoms with Crippen LogP contribution in [0.25, 0.3) is 0 Å². The molecule has 1 heterocycles. The van der Waals surface area contributed by atoms with E-state index in [4.69, 9.17) is 4.74 Å². The molecule has 3 amide bonds. The number of carbonyl (C=O) groups is 3. The second kappa shape index (κ2) is 7.82. The summed E-state index contributed by atoms with van der Waals surface area (Å²) in [7, 11) is 1.61. The van der Waals surface area contributed by atoms with Crippen LogP contribution in [0.4, 0.5) is 0 Å². The quantitative estimate of drug-likeness (QED) is 0.774. The van der Waals surface area contributed by atoms with Gasteiger partial charge in [-0.3, -0.25) is 19.3 Å². The summed E-state index contributed by atoms with van der Waals surface area (Å²) in [5.41, 5.74) is 1.86. The molecule has 0 fully saturated rings. The van der Waals surface area contributed by atoms with Gasteiger partial charge in [-0.05, 0) is 36.2 Å². The average Bonchev–Trinajstić information content (AvgIpc) is 2.91. The highest BCUT2D eigenvalue weighted by Crippen LogP contribution is 2.22. The summed E-state index contributed by atoms with van der Waals surface area (Å²) >= 11 is 0. The lowest BCUT2D eigenvalue weighted by atomic mass is 10.1. The van der Waals surface area contributed by atoms with Gasteiger partial charge in [0.05, 0.1) is 18.2 Å². The Labute approximate surface area is 151 Å². The molecule has 6 nitrogen and oxygen atoms in total. The Balaban J connectivity index is 1.46. The van der Waals surface area contributed by atoms with Crippen LogP contribution in [0.1, 0.15) is 32.7 Å². The van der Waals surface area contributed by atoms with Crippen LogP contribution in [0.3, 0.4) is 0 Å². The second-order valence-electron chi connectivity index (χ2n) is 6.01. The summed E-state index contributed by atoms with van der Waals surface area (Å²) in [6.45, 7) is 0.561. The van der Waals surface area contributed by atoms with E-state index in [9.17, 15) is 14.4 Å². The number of hydrogen-bond donors (Lipinski definition) is 1. The molecule has 26 heavy (non-hydrogen) atoms. The number of hydrogen-bond acceptors (Lipinski definition) is 4. The molecular weight excluding hydrogens is 332 g/mol. The van der Waals surface area contributed by atoms with Crippen molar-refractivity contribution in [3.05, 3.63) is 65.2 Å². The Morgan fingerprint density at radius 1 is 1.04 bits per heavy atom. The smallest absolute Gasteiger partial charge is 0.261 e. The van der Waals surface area contributed by atoms with Crippen molar-refractivity contribution in [2.45, 2.75) is 12.8 Å². The molecule has 0 aromatic heterocycles. The molecule has 0 saturated heterocycles. The van der Waals surface area contributed by atoms with E-state index in [0.717, 1.165) is 16.2 Å². The maximum Gasteiger partial charge on any atom is 0.261 e. The molecule has 1 N–H and O–H groups in total. The number of carbonyl (C=O) groups excluding carboxylic acids is 3. The number of methoxy groups -OCH3 is 1. The number of fused-ring (bicyclic) bond motifs is 1. The molecule has 6 heteroatoms. The van der Waals surface area contributed by atoms with Gasteiger partial charge in [0, 0.05) is 19.5 Å². The van der Waals surface area contributed by atoms with Gasteiger partial charge in [0.25, 0.3) is 11.8 Å². The minimum Gasteiger partial charge on any atom is -0.497 e. The van der Waals surface area contributed by atoms with E-state index in [2.05, 4.69) is 5.32 Å². The second-order valence-corrected chi connectivity index (χ2v) is 6.01. The Hall–Kier alpha value is -3.15. The van der Waals surface area contributed by atoms with Gasteiger partial charge in [0.2, 0.25) is 5.91 Å². The van der Waals surface area contributed by atoms with Crippen LogP contribution in [-0.2, 0) is 11.2 Å². The predicted molar refractivity (Wildman–Crippen MR) is 96.1 cm³/mol. The maximum atomic E-state index is 12.2. The van der Waals surface area contributed by atoms with Gasteiger partial charge in [-0.15, -0.1) is 0 Å². The van der Waals surface area contributed by atoms with Crippen molar-refractivity contribution < 1.29 is 19.1 Å². The fourth-order valence-electron chi connectivity index (χ4n) is 2.92. The van der Waals surface area contributed by atoms with E-state index in [1.54, 1.807) is 31.4 Å². The summed E-state index contributed by atoms with van der Waals surface area (Å²) in [6, 6.07) is 14.4. The minimum absolute atomic E-state index is 0.0807. The third-order valence-electron chi connectivity index (χ3n) is 4.31. The summed E-state index contributed by atoms with van der Waals surface area (Å²) < 4.78 is 5.17. The zero-order valence-corrected chi connectivity index (χ0v) is 14.5. The van der Waals surface area contributed by atoms with Crippen LogP contribution in [0.2, 0.25) is 0 Å². The topological polar surface area (TPSA) is 75.7 Å². The van der Waals surface area contributed by atoms with Crippen molar-refractivity contribution in [3.63, 3.8) is 0 Å². The van der Waals surface area contributed by atoms with Crippen LogP contribution in [0, 0.1) is 0 Å². The molecule has 0 saturated carbocycles. The molecule has 0 radical (unpaired) electrons. The van der Waals surface area contributed by atoms with E-state index in [1.165, 1.54) is 0 Å². The highest BCUT2D eigenvalue weighted by molar-refractivity contribution is 6.21. The number of amides is 3. The molecule has 0 spiro atoms. The molecule has 0 aliphatic carbocycles. The van der Waals surface area contributed by atoms with Crippen LogP contribution < -0.4 is 10.1 Å². The first-order valence-corrected chi connectivity index (χ1v) is 8.45. The number of nitrogens with zero attached hydrogens (tertiary/aromatic N) is 1. The number of rotatable bonds is 7. The number of ether oxygens (including phenoxy) is 1. The van der Waals surface area contributed by atoms with Gasteiger partial charge < -0.3 is 10.1 Å². The largest absolute Gasteiger partial charge is 0.497 e. The van der Waals surface area contributed by atoms with Gasteiger partial charge in [-0.25, -0.2) is 0 Å². The first-order valence-electron chi connectivity index (χ1n) is 8.45. The Bertz CT molecular complexity index is 812. The Morgan fingerprint density at radius 3 is 2.38 bits per heavy atom. The third kappa shape index (κ3) is 3.74. The maximum absolute atomic E-state index is 12.2. The zero-order chi connectivity index (χ0) is 18.5. The standard InChI is InChI=1S/C20H20N2O4/c1-26-15-6-4-5-14(13-15)9-11-21-18(23)10-12-22-19(24)16-7-2-3-8-17(16)20(22)25/h2-8,13H,9-12H2,1H3,(H,21,23). The van der Waals surface area contributed by atoms with Crippen LogP contribution in [0.5, 0.6) is 5.75 Å². The lowest BCUT2D eigenvalue weighted by Gasteiger charge is -2.13. The monoisotopic (exact) mass is 352 g/mol. The molecule has 0 unspecified atom stereocenters. The Morgan fingerprint density at radius 2 is 1.73 bits per heavy atom. The fourth-order valence-corrected chi connectivity index (χ4v) is 2.92. The highest BCUT2D eigenvalue weighted by atomic mass is 16.5. The molecule has 1 aliphatic heterocycles. The molecule has 0 bridgehead atoms.